The average molecular weight is 337 g/mol. The van der Waals surface area contributed by atoms with Crippen LogP contribution in [0.1, 0.15) is 45.7 Å². The summed E-state index contributed by atoms with van der Waals surface area (Å²) in [6, 6.07) is 8.91. The number of anilines is 1. The van der Waals surface area contributed by atoms with E-state index in [0.29, 0.717) is 11.9 Å². The van der Waals surface area contributed by atoms with Gasteiger partial charge in [-0.15, -0.1) is 0 Å². The third kappa shape index (κ3) is 3.09. The molecule has 0 amide bonds. The van der Waals surface area contributed by atoms with E-state index in [4.69, 9.17) is 10.8 Å². The van der Waals surface area contributed by atoms with E-state index < -0.39 is 0 Å². The number of nitrogens with two attached hydrogens (primary N) is 1. The first-order chi connectivity index (χ1) is 12.0. The van der Waals surface area contributed by atoms with Gasteiger partial charge in [0.25, 0.3) is 0 Å². The Bertz CT molecular complexity index is 921. The molecule has 0 aliphatic heterocycles. The van der Waals surface area contributed by atoms with Crippen molar-refractivity contribution in [3.63, 3.8) is 0 Å². The van der Waals surface area contributed by atoms with E-state index in [-0.39, 0.29) is 5.54 Å². The van der Waals surface area contributed by atoms with E-state index >= 15 is 0 Å². The number of benzene rings is 1. The Morgan fingerprint density at radius 1 is 1.28 bits per heavy atom. The van der Waals surface area contributed by atoms with E-state index in [1.54, 1.807) is 0 Å². The van der Waals surface area contributed by atoms with Gasteiger partial charge in [0.05, 0.1) is 5.52 Å². The van der Waals surface area contributed by atoms with Crippen LogP contribution in [0.25, 0.3) is 21.8 Å². The van der Waals surface area contributed by atoms with Crippen LogP contribution in [0, 0.1) is 0 Å². The van der Waals surface area contributed by atoms with Gasteiger partial charge in [-0.2, -0.15) is 5.10 Å². The highest BCUT2D eigenvalue weighted by molar-refractivity contribution is 6.09. The predicted octanol–water partition coefficient (Wildman–Crippen LogP) is 3.65. The molecule has 2 heterocycles. The van der Waals surface area contributed by atoms with Crippen molar-refractivity contribution in [3.05, 3.63) is 30.0 Å². The van der Waals surface area contributed by atoms with Crippen LogP contribution < -0.4 is 11.1 Å². The number of fused-ring (bicyclic) bond motifs is 3. The number of para-hydroxylation sites is 1. The molecule has 5 nitrogen and oxygen atoms in total. The van der Waals surface area contributed by atoms with Gasteiger partial charge in [0.1, 0.15) is 5.52 Å². The molecule has 0 radical (unpaired) electrons. The third-order valence-electron chi connectivity index (χ3n) is 4.93. The Balaban J connectivity index is 1.91. The molecular weight excluding hydrogens is 310 g/mol. The van der Waals surface area contributed by atoms with Gasteiger partial charge in [-0.1, -0.05) is 25.1 Å². The molecule has 2 aromatic heterocycles. The van der Waals surface area contributed by atoms with E-state index in [2.05, 4.69) is 47.9 Å². The smallest absolute Gasteiger partial charge is 0.152 e. The minimum atomic E-state index is 0.0265. The van der Waals surface area contributed by atoms with Crippen molar-refractivity contribution in [1.82, 2.24) is 20.1 Å². The summed E-state index contributed by atoms with van der Waals surface area (Å²) in [4.78, 5) is 4.56. The Labute approximate surface area is 148 Å². The maximum Gasteiger partial charge on any atom is 0.152 e. The molecular formula is C20H27N5. The van der Waals surface area contributed by atoms with Crippen molar-refractivity contribution in [3.8, 4) is 0 Å². The second kappa shape index (κ2) is 5.99. The van der Waals surface area contributed by atoms with Gasteiger partial charge in [0.2, 0.25) is 0 Å². The van der Waals surface area contributed by atoms with Gasteiger partial charge in [-0.25, -0.2) is 4.98 Å². The molecule has 1 fully saturated rings. The number of hydrogen-bond acceptors (Lipinski definition) is 4. The number of aryl methyl sites for hydroxylation is 1. The molecule has 0 spiro atoms. The predicted molar refractivity (Wildman–Crippen MR) is 104 cm³/mol. The Morgan fingerprint density at radius 3 is 2.76 bits per heavy atom. The average Bonchev–Trinajstić information content (AvgIpc) is 3.29. The summed E-state index contributed by atoms with van der Waals surface area (Å²) < 4.78 is 2.14. The largest absolute Gasteiger partial charge is 0.382 e. The van der Waals surface area contributed by atoms with Crippen LogP contribution in [-0.2, 0) is 13.0 Å². The lowest BCUT2D eigenvalue weighted by molar-refractivity contribution is 0.371. The maximum atomic E-state index is 6.25. The van der Waals surface area contributed by atoms with E-state index in [0.717, 1.165) is 35.8 Å². The molecule has 0 unspecified atom stereocenters. The van der Waals surface area contributed by atoms with Gasteiger partial charge in [0.15, 0.2) is 5.82 Å². The number of nitrogens with one attached hydrogen (secondary N) is 1. The molecule has 1 aliphatic rings. The number of rotatable bonds is 6. The summed E-state index contributed by atoms with van der Waals surface area (Å²) in [6.45, 7) is 7.65. The van der Waals surface area contributed by atoms with Crippen molar-refractivity contribution in [2.45, 2.75) is 64.6 Å². The van der Waals surface area contributed by atoms with E-state index in [9.17, 15) is 0 Å². The lowest BCUT2D eigenvalue weighted by Crippen LogP contribution is -2.43. The third-order valence-corrected chi connectivity index (χ3v) is 4.93. The number of nitrogens with zero attached hydrogens (tertiary/aromatic N) is 3. The lowest BCUT2D eigenvalue weighted by atomic mass is 9.95. The summed E-state index contributed by atoms with van der Waals surface area (Å²) in [5.41, 5.74) is 9.32. The molecule has 5 heteroatoms. The van der Waals surface area contributed by atoms with Crippen molar-refractivity contribution in [1.29, 1.82) is 0 Å². The second-order valence-corrected chi connectivity index (χ2v) is 7.89. The van der Waals surface area contributed by atoms with Gasteiger partial charge in [-0.3, -0.25) is 4.68 Å². The summed E-state index contributed by atoms with van der Waals surface area (Å²) >= 11 is 0. The van der Waals surface area contributed by atoms with E-state index in [1.165, 1.54) is 23.9 Å². The highest BCUT2D eigenvalue weighted by atomic mass is 15.3. The fourth-order valence-electron chi connectivity index (χ4n) is 3.75. The first-order valence-corrected chi connectivity index (χ1v) is 9.30. The highest BCUT2D eigenvalue weighted by Gasteiger charge is 2.31. The molecule has 0 atom stereocenters. The summed E-state index contributed by atoms with van der Waals surface area (Å²) in [5.74, 6) is 0.526. The minimum Gasteiger partial charge on any atom is -0.382 e. The van der Waals surface area contributed by atoms with Crippen molar-refractivity contribution in [2.75, 3.05) is 5.73 Å². The van der Waals surface area contributed by atoms with Crippen LogP contribution in [-0.4, -0.2) is 26.3 Å². The fourth-order valence-corrected chi connectivity index (χ4v) is 3.75. The number of pyridine rings is 1. The molecule has 1 aliphatic carbocycles. The Kier molecular flexibility index (Phi) is 3.91. The van der Waals surface area contributed by atoms with E-state index in [1.807, 2.05) is 12.1 Å². The molecule has 0 saturated heterocycles. The van der Waals surface area contributed by atoms with Crippen LogP contribution in [0.4, 0.5) is 5.82 Å². The zero-order valence-electron chi connectivity index (χ0n) is 15.3. The van der Waals surface area contributed by atoms with Crippen molar-refractivity contribution < 1.29 is 0 Å². The molecule has 25 heavy (non-hydrogen) atoms. The monoisotopic (exact) mass is 337 g/mol. The number of nitrogen functional groups attached to an aromatic ring is 1. The fraction of sp³-hybridized carbons (Fsp3) is 0.500. The SMILES string of the molecule is CCCn1nc2c(N)nc3ccccc3c2c1CC(C)(C)NC1CC1. The first-order valence-electron chi connectivity index (χ1n) is 9.30. The molecule has 132 valence electrons. The summed E-state index contributed by atoms with van der Waals surface area (Å²) in [5, 5.41) is 10.9. The van der Waals surface area contributed by atoms with Crippen molar-refractivity contribution >= 4 is 27.6 Å². The Hall–Kier alpha value is -2.14. The van der Waals surface area contributed by atoms with Crippen LogP contribution in [0.5, 0.6) is 0 Å². The summed E-state index contributed by atoms with van der Waals surface area (Å²) in [7, 11) is 0. The lowest BCUT2D eigenvalue weighted by Gasteiger charge is -2.27. The van der Waals surface area contributed by atoms with Crippen LogP contribution in [0.15, 0.2) is 24.3 Å². The number of aromatic nitrogens is 3. The standard InChI is InChI=1S/C20H27N5/c1-4-11-25-16(12-20(2,3)23-13-9-10-13)17-14-7-5-6-8-15(14)22-19(21)18(17)24-25/h5-8,13,23H,4,9-12H2,1-3H3,(H2,21,22). The van der Waals surface area contributed by atoms with Gasteiger partial charge in [-0.05, 0) is 39.2 Å². The molecule has 4 rings (SSSR count). The zero-order chi connectivity index (χ0) is 17.6. The van der Waals surface area contributed by atoms with Crippen LogP contribution in [0.2, 0.25) is 0 Å². The zero-order valence-corrected chi connectivity index (χ0v) is 15.3. The maximum absolute atomic E-state index is 6.25. The topological polar surface area (TPSA) is 68.8 Å². The normalized spacial score (nSPS) is 15.3. The van der Waals surface area contributed by atoms with Gasteiger partial charge < -0.3 is 11.1 Å². The van der Waals surface area contributed by atoms with Crippen molar-refractivity contribution in [2.24, 2.45) is 0 Å². The van der Waals surface area contributed by atoms with Gasteiger partial charge in [0, 0.05) is 41.0 Å². The van der Waals surface area contributed by atoms with Crippen LogP contribution >= 0.6 is 0 Å². The molecule has 1 saturated carbocycles. The number of hydrogen-bond donors (Lipinski definition) is 2. The molecule has 3 N–H and O–H groups in total. The highest BCUT2D eigenvalue weighted by Crippen LogP contribution is 2.33. The minimum absolute atomic E-state index is 0.0265. The quantitative estimate of drug-likeness (QED) is 0.720. The van der Waals surface area contributed by atoms with Crippen LogP contribution in [0.3, 0.4) is 0 Å². The molecule has 0 bridgehead atoms. The second-order valence-electron chi connectivity index (χ2n) is 7.89. The van der Waals surface area contributed by atoms with Gasteiger partial charge >= 0.3 is 0 Å². The first kappa shape index (κ1) is 16.3. The molecule has 3 aromatic rings. The molecule has 1 aromatic carbocycles. The Morgan fingerprint density at radius 2 is 2.04 bits per heavy atom. The summed E-state index contributed by atoms with van der Waals surface area (Å²) in [6.07, 6.45) is 4.55.